The number of carbonyl (C=O) groups is 1. The Kier molecular flexibility index (Phi) is 3.62. The Morgan fingerprint density at radius 3 is 2.56 bits per heavy atom. The van der Waals surface area contributed by atoms with E-state index in [9.17, 15) is 9.18 Å². The van der Waals surface area contributed by atoms with Gasteiger partial charge in [0.15, 0.2) is 0 Å². The summed E-state index contributed by atoms with van der Waals surface area (Å²) in [6.07, 6.45) is 4.03. The zero-order chi connectivity index (χ0) is 18.8. The molecule has 2 fully saturated rings. The second kappa shape index (κ2) is 5.82. The van der Waals surface area contributed by atoms with Crippen molar-refractivity contribution in [3.05, 3.63) is 58.4 Å². The first-order valence-corrected chi connectivity index (χ1v) is 9.87. The van der Waals surface area contributed by atoms with Gasteiger partial charge in [0.2, 0.25) is 5.91 Å². The van der Waals surface area contributed by atoms with Crippen molar-refractivity contribution in [1.29, 1.82) is 0 Å². The Labute approximate surface area is 159 Å². The summed E-state index contributed by atoms with van der Waals surface area (Å²) in [5.41, 5.74) is 7.01. The third-order valence-electron chi connectivity index (χ3n) is 6.69. The summed E-state index contributed by atoms with van der Waals surface area (Å²) in [4.78, 5) is 14.7. The van der Waals surface area contributed by atoms with Crippen molar-refractivity contribution < 1.29 is 9.18 Å². The van der Waals surface area contributed by atoms with Crippen molar-refractivity contribution in [1.82, 2.24) is 0 Å². The first-order chi connectivity index (χ1) is 12.9. The molecule has 0 saturated heterocycles. The lowest BCUT2D eigenvalue weighted by Gasteiger charge is -2.31. The number of rotatable bonds is 4. The molecule has 0 aromatic heterocycles. The summed E-state index contributed by atoms with van der Waals surface area (Å²) in [5.74, 6) is 0.836. The molecule has 1 aliphatic heterocycles. The maximum atomic E-state index is 13.4. The monoisotopic (exact) mass is 364 g/mol. The third-order valence-corrected chi connectivity index (χ3v) is 6.69. The molecular weight excluding hydrogens is 339 g/mol. The van der Waals surface area contributed by atoms with E-state index in [0.717, 1.165) is 47.8 Å². The molecule has 0 unspecified atom stereocenters. The summed E-state index contributed by atoms with van der Waals surface area (Å²) in [6.45, 7) is 5.80. The highest BCUT2D eigenvalue weighted by Crippen LogP contribution is 2.77. The molecule has 1 amide bonds. The van der Waals surface area contributed by atoms with Crippen LogP contribution in [0.5, 0.6) is 0 Å². The number of nitrogens with one attached hydrogen (secondary N) is 1. The van der Waals surface area contributed by atoms with Crippen molar-refractivity contribution in [2.24, 2.45) is 11.3 Å². The normalized spacial score (nSPS) is 24.9. The van der Waals surface area contributed by atoms with Crippen LogP contribution in [0, 0.1) is 31.0 Å². The van der Waals surface area contributed by atoms with Crippen molar-refractivity contribution in [3.8, 4) is 0 Å². The van der Waals surface area contributed by atoms with Crippen LogP contribution in [0.15, 0.2) is 30.3 Å². The van der Waals surface area contributed by atoms with Gasteiger partial charge in [0.05, 0.1) is 0 Å². The van der Waals surface area contributed by atoms with Gasteiger partial charge in [0, 0.05) is 30.9 Å². The molecule has 3 aliphatic rings. The van der Waals surface area contributed by atoms with Crippen LogP contribution in [0.4, 0.5) is 15.8 Å². The van der Waals surface area contributed by atoms with Gasteiger partial charge in [0.1, 0.15) is 5.82 Å². The van der Waals surface area contributed by atoms with Gasteiger partial charge in [-0.1, -0.05) is 6.07 Å². The van der Waals surface area contributed by atoms with Crippen LogP contribution in [0.1, 0.15) is 41.5 Å². The van der Waals surface area contributed by atoms with E-state index >= 15 is 0 Å². The van der Waals surface area contributed by atoms with Crippen LogP contribution in [0.3, 0.4) is 0 Å². The molecule has 2 aromatic rings. The Balaban J connectivity index is 1.33. The Morgan fingerprint density at radius 1 is 1.19 bits per heavy atom. The lowest BCUT2D eigenvalue weighted by molar-refractivity contribution is -0.116. The minimum Gasteiger partial charge on any atom is -0.367 e. The van der Waals surface area contributed by atoms with Crippen LogP contribution in [0.25, 0.3) is 0 Å². The average molecular weight is 364 g/mol. The van der Waals surface area contributed by atoms with Crippen LogP contribution >= 0.6 is 0 Å². The smallest absolute Gasteiger partial charge is 0.224 e. The lowest BCUT2D eigenvalue weighted by Crippen LogP contribution is -2.30. The molecule has 2 aromatic carbocycles. The minimum absolute atomic E-state index is 0.155. The van der Waals surface area contributed by atoms with E-state index in [4.69, 9.17) is 0 Å². The van der Waals surface area contributed by atoms with Crippen molar-refractivity contribution in [2.45, 2.75) is 46.1 Å². The number of halogens is 1. The maximum Gasteiger partial charge on any atom is 0.224 e. The average Bonchev–Trinajstić information content (AvgIpc) is 3.47. The van der Waals surface area contributed by atoms with Crippen LogP contribution in [-0.4, -0.2) is 12.5 Å². The molecule has 0 radical (unpaired) electrons. The Morgan fingerprint density at radius 2 is 1.89 bits per heavy atom. The molecule has 2 saturated carbocycles. The van der Waals surface area contributed by atoms with Gasteiger partial charge in [-0.3, -0.25) is 4.79 Å². The Bertz CT molecular complexity index is 922. The summed E-state index contributed by atoms with van der Waals surface area (Å²) >= 11 is 0. The maximum absolute atomic E-state index is 13.4. The lowest BCUT2D eigenvalue weighted by atomic mass is 9.98. The fourth-order valence-electron chi connectivity index (χ4n) is 4.66. The fraction of sp³-hybridized carbons (Fsp3) is 0.435. The Hall–Kier alpha value is -2.36. The van der Waals surface area contributed by atoms with Crippen molar-refractivity contribution in [2.75, 3.05) is 16.8 Å². The molecule has 4 heteroatoms. The summed E-state index contributed by atoms with van der Waals surface area (Å²) in [6, 6.07) is 9.42. The number of amides is 1. The van der Waals surface area contributed by atoms with E-state index < -0.39 is 0 Å². The molecule has 0 atom stereocenters. The van der Waals surface area contributed by atoms with Gasteiger partial charge in [-0.25, -0.2) is 4.39 Å². The predicted octanol–water partition coefficient (Wildman–Crippen LogP) is 4.74. The van der Waals surface area contributed by atoms with Gasteiger partial charge in [-0.2, -0.15) is 0 Å². The molecule has 0 bridgehead atoms. The van der Waals surface area contributed by atoms with Gasteiger partial charge in [0.25, 0.3) is 0 Å². The highest BCUT2D eigenvalue weighted by molar-refractivity contribution is 5.93. The van der Waals surface area contributed by atoms with Crippen LogP contribution < -0.4 is 10.2 Å². The number of benzene rings is 2. The zero-order valence-electron chi connectivity index (χ0n) is 15.9. The summed E-state index contributed by atoms with van der Waals surface area (Å²) in [5, 5.41) is 3.15. The van der Waals surface area contributed by atoms with E-state index in [2.05, 4.69) is 36.2 Å². The zero-order valence-corrected chi connectivity index (χ0v) is 15.9. The molecule has 140 valence electrons. The molecule has 2 aliphatic carbocycles. The molecule has 5 rings (SSSR count). The highest BCUT2D eigenvalue weighted by Gasteiger charge is 2.69. The molecule has 1 heterocycles. The standard InChI is InChI=1S/C23H25FN2O/c1-14-7-20(26-6-5-16-9-19(24)4-3-17(16)13-26)8-15(2)22(14)25-21(27)12-23-10-18(23)11-23/h3-4,7-9,18H,5-6,10-13H2,1-2H3,(H,25,27). The third kappa shape index (κ3) is 3.01. The van der Waals surface area contributed by atoms with E-state index in [0.29, 0.717) is 11.8 Å². The number of hydrogen-bond donors (Lipinski definition) is 1. The molecule has 0 spiro atoms. The van der Waals surface area contributed by atoms with Crippen LogP contribution in [-0.2, 0) is 17.8 Å². The minimum atomic E-state index is -0.155. The van der Waals surface area contributed by atoms with Gasteiger partial charge in [-0.05, 0) is 91.0 Å². The van der Waals surface area contributed by atoms with Gasteiger partial charge in [-0.15, -0.1) is 0 Å². The number of hydrogen-bond acceptors (Lipinski definition) is 2. The number of carbonyl (C=O) groups excluding carboxylic acids is 1. The number of nitrogens with zero attached hydrogens (tertiary/aromatic N) is 1. The first kappa shape index (κ1) is 16.8. The van der Waals surface area contributed by atoms with Crippen molar-refractivity contribution >= 4 is 17.3 Å². The number of fused-ring (bicyclic) bond motifs is 2. The molecular formula is C23H25FN2O. The summed E-state index contributed by atoms with van der Waals surface area (Å²) in [7, 11) is 0. The highest BCUT2D eigenvalue weighted by atomic mass is 19.1. The van der Waals surface area contributed by atoms with Crippen LogP contribution in [0.2, 0.25) is 0 Å². The number of aryl methyl sites for hydroxylation is 2. The second-order valence-corrected chi connectivity index (χ2v) is 8.73. The second-order valence-electron chi connectivity index (χ2n) is 8.73. The molecule has 3 nitrogen and oxygen atoms in total. The largest absolute Gasteiger partial charge is 0.367 e. The van der Waals surface area contributed by atoms with Crippen molar-refractivity contribution in [3.63, 3.8) is 0 Å². The first-order valence-electron chi connectivity index (χ1n) is 9.87. The van der Waals surface area contributed by atoms with E-state index in [1.54, 1.807) is 12.1 Å². The quantitative estimate of drug-likeness (QED) is 0.850. The van der Waals surface area contributed by atoms with E-state index in [1.807, 2.05) is 6.07 Å². The van der Waals surface area contributed by atoms with Gasteiger partial charge >= 0.3 is 0 Å². The number of anilines is 2. The van der Waals surface area contributed by atoms with E-state index in [1.165, 1.54) is 24.1 Å². The molecule has 27 heavy (non-hydrogen) atoms. The predicted molar refractivity (Wildman–Crippen MR) is 105 cm³/mol. The fourth-order valence-corrected chi connectivity index (χ4v) is 4.66. The summed E-state index contributed by atoms with van der Waals surface area (Å²) < 4.78 is 13.4. The van der Waals surface area contributed by atoms with E-state index in [-0.39, 0.29) is 11.7 Å². The SMILES string of the molecule is Cc1cc(N2CCc3cc(F)ccc3C2)cc(C)c1NC(=O)CC12CC1C2. The van der Waals surface area contributed by atoms with Gasteiger partial charge < -0.3 is 10.2 Å². The topological polar surface area (TPSA) is 32.3 Å². The molecule has 1 N–H and O–H groups in total.